The molecule has 0 radical (unpaired) electrons. The minimum absolute atomic E-state index is 0.0831. The number of hydrogen-bond donors (Lipinski definition) is 2. The van der Waals surface area contributed by atoms with Gasteiger partial charge in [-0.3, -0.25) is 4.79 Å². The molecule has 1 amide bonds. The van der Waals surface area contributed by atoms with Gasteiger partial charge in [-0.25, -0.2) is 4.98 Å². The molecule has 5 nitrogen and oxygen atoms in total. The Balaban J connectivity index is 2.21. The zero-order valence-electron chi connectivity index (χ0n) is 13.2. The van der Waals surface area contributed by atoms with Crippen LogP contribution in [0.2, 0.25) is 0 Å². The van der Waals surface area contributed by atoms with Gasteiger partial charge in [0.2, 0.25) is 0 Å². The van der Waals surface area contributed by atoms with Gasteiger partial charge in [0.25, 0.3) is 5.91 Å². The molecule has 1 atom stereocenters. The second-order valence-corrected chi connectivity index (χ2v) is 6.71. The monoisotopic (exact) mass is 290 g/mol. The number of nitrogens with two attached hydrogens (primary N) is 1. The fourth-order valence-electron chi connectivity index (χ4n) is 2.73. The van der Waals surface area contributed by atoms with E-state index < -0.39 is 5.91 Å². The first-order valence-electron chi connectivity index (χ1n) is 7.65. The molecule has 1 aromatic rings. The van der Waals surface area contributed by atoms with E-state index in [1.165, 1.54) is 6.42 Å². The second kappa shape index (κ2) is 6.43. The largest absolute Gasteiger partial charge is 0.365 e. The Labute approximate surface area is 126 Å². The van der Waals surface area contributed by atoms with Crippen molar-refractivity contribution < 1.29 is 4.79 Å². The molecule has 0 bridgehead atoms. The van der Waals surface area contributed by atoms with Crippen molar-refractivity contribution in [2.24, 2.45) is 5.73 Å². The number of rotatable bonds is 4. The van der Waals surface area contributed by atoms with Gasteiger partial charge in [-0.2, -0.15) is 0 Å². The summed E-state index contributed by atoms with van der Waals surface area (Å²) in [6, 6.07) is 3.87. The third kappa shape index (κ3) is 4.17. The van der Waals surface area contributed by atoms with Crippen molar-refractivity contribution in [2.45, 2.75) is 51.6 Å². The number of primary amides is 1. The zero-order valence-corrected chi connectivity index (χ0v) is 13.2. The lowest BCUT2D eigenvalue weighted by molar-refractivity contribution is 0.1000. The number of nitrogens with one attached hydrogen (secondary N) is 1. The lowest BCUT2D eigenvalue weighted by Gasteiger charge is -2.39. The maximum Gasteiger partial charge on any atom is 0.252 e. The van der Waals surface area contributed by atoms with E-state index in [9.17, 15) is 4.79 Å². The van der Waals surface area contributed by atoms with Gasteiger partial charge in [-0.1, -0.05) is 0 Å². The van der Waals surface area contributed by atoms with Crippen LogP contribution in [-0.4, -0.2) is 35.6 Å². The fraction of sp³-hybridized carbons (Fsp3) is 0.625. The van der Waals surface area contributed by atoms with Crippen molar-refractivity contribution in [3.05, 3.63) is 23.9 Å². The van der Waals surface area contributed by atoms with Gasteiger partial charge >= 0.3 is 0 Å². The summed E-state index contributed by atoms with van der Waals surface area (Å²) in [5.41, 5.74) is 6.09. The molecule has 1 fully saturated rings. The molecule has 2 rings (SSSR count). The van der Waals surface area contributed by atoms with Crippen molar-refractivity contribution in [1.82, 2.24) is 10.3 Å². The summed E-state index contributed by atoms with van der Waals surface area (Å²) < 4.78 is 0. The van der Waals surface area contributed by atoms with E-state index in [0.29, 0.717) is 11.6 Å². The lowest BCUT2D eigenvalue weighted by Crippen LogP contribution is -2.50. The Morgan fingerprint density at radius 3 is 2.90 bits per heavy atom. The molecular weight excluding hydrogens is 264 g/mol. The molecule has 3 N–H and O–H groups in total. The molecule has 0 aliphatic carbocycles. The van der Waals surface area contributed by atoms with Crippen molar-refractivity contribution in [1.29, 1.82) is 0 Å². The van der Waals surface area contributed by atoms with Crippen LogP contribution in [0.4, 0.5) is 5.82 Å². The molecule has 1 aliphatic rings. The van der Waals surface area contributed by atoms with Crippen LogP contribution in [0.5, 0.6) is 0 Å². The third-order valence-corrected chi connectivity index (χ3v) is 3.82. The van der Waals surface area contributed by atoms with E-state index in [1.807, 2.05) is 0 Å². The van der Waals surface area contributed by atoms with Gasteiger partial charge in [0.15, 0.2) is 0 Å². The average molecular weight is 290 g/mol. The SMILES string of the molecule is CC(C)(C)NCC1CCCCN1c1ncccc1C(N)=O. The Morgan fingerprint density at radius 1 is 1.48 bits per heavy atom. The highest BCUT2D eigenvalue weighted by molar-refractivity contribution is 5.97. The van der Waals surface area contributed by atoms with Crippen molar-refractivity contribution in [3.63, 3.8) is 0 Å². The molecule has 116 valence electrons. The van der Waals surface area contributed by atoms with Crippen molar-refractivity contribution >= 4 is 11.7 Å². The molecule has 0 aromatic carbocycles. The number of piperidine rings is 1. The second-order valence-electron chi connectivity index (χ2n) is 6.71. The number of carbonyl (C=O) groups is 1. The molecule has 0 spiro atoms. The van der Waals surface area contributed by atoms with E-state index in [-0.39, 0.29) is 5.54 Å². The quantitative estimate of drug-likeness (QED) is 0.889. The Hall–Kier alpha value is -1.62. The molecular formula is C16H26N4O. The topological polar surface area (TPSA) is 71.2 Å². The first-order chi connectivity index (χ1) is 9.88. The average Bonchev–Trinajstić information content (AvgIpc) is 2.44. The predicted molar refractivity (Wildman–Crippen MR) is 85.5 cm³/mol. The summed E-state index contributed by atoms with van der Waals surface area (Å²) in [6.07, 6.45) is 5.18. The van der Waals surface area contributed by atoms with Crippen LogP contribution < -0.4 is 16.0 Å². The summed E-state index contributed by atoms with van der Waals surface area (Å²) in [5, 5.41) is 3.55. The van der Waals surface area contributed by atoms with Crippen LogP contribution >= 0.6 is 0 Å². The van der Waals surface area contributed by atoms with E-state index in [0.717, 1.165) is 31.7 Å². The fourth-order valence-corrected chi connectivity index (χ4v) is 2.73. The van der Waals surface area contributed by atoms with Crippen LogP contribution in [0.1, 0.15) is 50.4 Å². The van der Waals surface area contributed by atoms with E-state index >= 15 is 0 Å². The van der Waals surface area contributed by atoms with E-state index in [2.05, 4.69) is 36.0 Å². The normalized spacial score (nSPS) is 19.6. The summed E-state index contributed by atoms with van der Waals surface area (Å²) in [7, 11) is 0. The molecule has 1 unspecified atom stereocenters. The molecule has 1 aromatic heterocycles. The maximum atomic E-state index is 11.6. The van der Waals surface area contributed by atoms with Gasteiger partial charge < -0.3 is 16.0 Å². The van der Waals surface area contributed by atoms with Gasteiger partial charge in [0, 0.05) is 30.9 Å². The molecule has 1 aliphatic heterocycles. The first-order valence-corrected chi connectivity index (χ1v) is 7.65. The van der Waals surface area contributed by atoms with Crippen molar-refractivity contribution in [2.75, 3.05) is 18.0 Å². The minimum Gasteiger partial charge on any atom is -0.365 e. The Morgan fingerprint density at radius 2 is 2.24 bits per heavy atom. The Kier molecular flexibility index (Phi) is 4.83. The molecule has 1 saturated heterocycles. The van der Waals surface area contributed by atoms with Crippen LogP contribution in [0.25, 0.3) is 0 Å². The van der Waals surface area contributed by atoms with Gasteiger partial charge in [0.05, 0.1) is 5.56 Å². The van der Waals surface area contributed by atoms with Crippen LogP contribution in [-0.2, 0) is 0 Å². The van der Waals surface area contributed by atoms with Gasteiger partial charge in [0.1, 0.15) is 5.82 Å². The first kappa shape index (κ1) is 15.8. The number of aromatic nitrogens is 1. The van der Waals surface area contributed by atoms with Crippen LogP contribution in [0.3, 0.4) is 0 Å². The van der Waals surface area contributed by atoms with E-state index in [1.54, 1.807) is 18.3 Å². The van der Waals surface area contributed by atoms with Crippen molar-refractivity contribution in [3.8, 4) is 0 Å². The molecule has 21 heavy (non-hydrogen) atoms. The third-order valence-electron chi connectivity index (χ3n) is 3.82. The Bertz CT molecular complexity index is 495. The highest BCUT2D eigenvalue weighted by atomic mass is 16.1. The smallest absolute Gasteiger partial charge is 0.252 e. The standard InChI is InChI=1S/C16H26N4O/c1-16(2,3)19-11-12-7-4-5-10-20(12)15-13(14(17)21)8-6-9-18-15/h6,8-9,12,19H,4-5,7,10-11H2,1-3H3,(H2,17,21). The molecule has 5 heteroatoms. The number of pyridine rings is 1. The summed E-state index contributed by atoms with van der Waals surface area (Å²) in [4.78, 5) is 18.3. The number of hydrogen-bond acceptors (Lipinski definition) is 4. The molecule has 2 heterocycles. The van der Waals surface area contributed by atoms with Crippen LogP contribution in [0.15, 0.2) is 18.3 Å². The summed E-state index contributed by atoms with van der Waals surface area (Å²) >= 11 is 0. The van der Waals surface area contributed by atoms with Gasteiger partial charge in [-0.05, 0) is 52.2 Å². The number of nitrogens with zero attached hydrogens (tertiary/aromatic N) is 2. The zero-order chi connectivity index (χ0) is 15.5. The minimum atomic E-state index is -0.411. The maximum absolute atomic E-state index is 11.6. The number of amides is 1. The number of carbonyl (C=O) groups excluding carboxylic acids is 1. The highest BCUT2D eigenvalue weighted by Crippen LogP contribution is 2.25. The summed E-state index contributed by atoms with van der Waals surface area (Å²) in [6.45, 7) is 8.30. The highest BCUT2D eigenvalue weighted by Gasteiger charge is 2.27. The van der Waals surface area contributed by atoms with E-state index in [4.69, 9.17) is 5.73 Å². The summed E-state index contributed by atoms with van der Waals surface area (Å²) in [5.74, 6) is 0.316. The van der Waals surface area contributed by atoms with Crippen LogP contribution in [0, 0.1) is 0 Å². The predicted octanol–water partition coefficient (Wildman–Crippen LogP) is 1.93. The molecule has 0 saturated carbocycles. The van der Waals surface area contributed by atoms with Gasteiger partial charge in [-0.15, -0.1) is 0 Å². The number of anilines is 1. The lowest BCUT2D eigenvalue weighted by atomic mass is 9.99.